The van der Waals surface area contributed by atoms with Crippen LogP contribution in [0.2, 0.25) is 0 Å². The van der Waals surface area contributed by atoms with Crippen LogP contribution in [0.5, 0.6) is 0 Å². The highest BCUT2D eigenvalue weighted by molar-refractivity contribution is 5.90. The largest absolute Gasteiger partial charge is 0.453 e. The van der Waals surface area contributed by atoms with Crippen molar-refractivity contribution in [3.8, 4) is 0 Å². The molecule has 1 unspecified atom stereocenters. The average molecular weight is 255 g/mol. The summed E-state index contributed by atoms with van der Waals surface area (Å²) in [5, 5.41) is 2.53. The lowest BCUT2D eigenvalue weighted by molar-refractivity contribution is -0.139. The monoisotopic (exact) mass is 255 g/mol. The van der Waals surface area contributed by atoms with Crippen molar-refractivity contribution in [1.82, 2.24) is 10.2 Å². The van der Waals surface area contributed by atoms with Gasteiger partial charge in [-0.05, 0) is 32.6 Å². The third-order valence-corrected chi connectivity index (χ3v) is 3.88. The van der Waals surface area contributed by atoms with Crippen LogP contribution in [0.4, 0.5) is 4.79 Å². The fraction of sp³-hybridized carbons (Fsp3) is 0.833. The number of ether oxygens (including phenoxy) is 1. The lowest BCUT2D eigenvalue weighted by Crippen LogP contribution is -2.67. The van der Waals surface area contributed by atoms with Gasteiger partial charge in [0.2, 0.25) is 0 Å². The van der Waals surface area contributed by atoms with E-state index in [1.165, 1.54) is 7.11 Å². The van der Waals surface area contributed by atoms with Gasteiger partial charge in [0.05, 0.1) is 7.11 Å². The van der Waals surface area contributed by atoms with Crippen molar-refractivity contribution in [1.29, 1.82) is 0 Å². The second-order valence-corrected chi connectivity index (χ2v) is 5.25. The van der Waals surface area contributed by atoms with Crippen molar-refractivity contribution in [3.63, 3.8) is 0 Å². The van der Waals surface area contributed by atoms with Crippen LogP contribution in [0.3, 0.4) is 0 Å². The molecule has 18 heavy (non-hydrogen) atoms. The van der Waals surface area contributed by atoms with E-state index in [2.05, 4.69) is 10.1 Å². The molecule has 0 bridgehead atoms. The minimum absolute atomic E-state index is 0.0249. The number of rotatable bonds is 3. The van der Waals surface area contributed by atoms with Gasteiger partial charge in [0.25, 0.3) is 5.91 Å². The van der Waals surface area contributed by atoms with Crippen LogP contribution >= 0.6 is 0 Å². The van der Waals surface area contributed by atoms with Crippen molar-refractivity contribution in [2.75, 3.05) is 13.7 Å². The Hall–Kier alpha value is -1.30. The van der Waals surface area contributed by atoms with Gasteiger partial charge < -0.3 is 15.4 Å². The van der Waals surface area contributed by atoms with Crippen LogP contribution in [0.25, 0.3) is 0 Å². The second-order valence-electron chi connectivity index (χ2n) is 5.25. The first kappa shape index (κ1) is 13.1. The average Bonchev–Trinajstić information content (AvgIpc) is 3.12. The molecule has 0 radical (unpaired) electrons. The Kier molecular flexibility index (Phi) is 3.47. The summed E-state index contributed by atoms with van der Waals surface area (Å²) in [5.41, 5.74) is 4.86. The zero-order chi connectivity index (χ0) is 13.3. The molecule has 1 saturated heterocycles. The molecule has 2 fully saturated rings. The first-order chi connectivity index (χ1) is 8.49. The van der Waals surface area contributed by atoms with E-state index < -0.39 is 11.8 Å². The standard InChI is InChI=1S/C12H21N3O3/c1-8-4-3-7-15(8)10(16)12(13,9-5-6-9)14-11(17)18-2/h8-9H,3-7,13H2,1-2H3,(H,14,17)/t8-,12?/m1/s1. The number of alkyl carbamates (subject to hydrolysis) is 1. The maximum Gasteiger partial charge on any atom is 0.408 e. The van der Waals surface area contributed by atoms with E-state index in [1.807, 2.05) is 6.92 Å². The predicted molar refractivity (Wildman–Crippen MR) is 65.6 cm³/mol. The summed E-state index contributed by atoms with van der Waals surface area (Å²) in [6.45, 7) is 2.73. The molecular formula is C12H21N3O3. The normalized spacial score (nSPS) is 26.6. The number of nitrogens with two attached hydrogens (primary N) is 1. The quantitative estimate of drug-likeness (QED) is 0.716. The van der Waals surface area contributed by atoms with Crippen LogP contribution in [0, 0.1) is 5.92 Å². The molecule has 0 aromatic carbocycles. The van der Waals surface area contributed by atoms with E-state index in [9.17, 15) is 9.59 Å². The Balaban J connectivity index is 2.13. The van der Waals surface area contributed by atoms with Gasteiger partial charge in [0.1, 0.15) is 0 Å². The summed E-state index contributed by atoms with van der Waals surface area (Å²) in [6.07, 6.45) is 3.07. The smallest absolute Gasteiger partial charge is 0.408 e. The fourth-order valence-corrected chi connectivity index (χ4v) is 2.56. The second kappa shape index (κ2) is 4.76. The molecule has 6 nitrogen and oxygen atoms in total. The summed E-state index contributed by atoms with van der Waals surface area (Å²) < 4.78 is 4.56. The number of carbonyl (C=O) groups is 2. The molecule has 102 valence electrons. The fourth-order valence-electron chi connectivity index (χ4n) is 2.56. The Morgan fingerprint density at radius 2 is 2.06 bits per heavy atom. The number of methoxy groups -OCH3 is 1. The van der Waals surface area contributed by atoms with E-state index in [1.54, 1.807) is 4.90 Å². The molecule has 0 spiro atoms. The molecule has 2 amide bonds. The lowest BCUT2D eigenvalue weighted by Gasteiger charge is -2.34. The van der Waals surface area contributed by atoms with E-state index in [4.69, 9.17) is 5.73 Å². The SMILES string of the molecule is COC(=O)NC(N)(C(=O)N1CCC[C@H]1C)C1CC1. The molecule has 0 aromatic heterocycles. The zero-order valence-corrected chi connectivity index (χ0v) is 10.9. The van der Waals surface area contributed by atoms with Crippen LogP contribution in [-0.4, -0.2) is 42.3 Å². The summed E-state index contributed by atoms with van der Waals surface area (Å²) in [4.78, 5) is 25.7. The summed E-state index contributed by atoms with van der Waals surface area (Å²) in [5.74, 6) is -0.155. The Morgan fingerprint density at radius 3 is 2.50 bits per heavy atom. The van der Waals surface area contributed by atoms with Crippen molar-refractivity contribution >= 4 is 12.0 Å². The van der Waals surface area contributed by atoms with Crippen LogP contribution in [0.15, 0.2) is 0 Å². The highest BCUT2D eigenvalue weighted by Gasteiger charge is 2.52. The third-order valence-electron chi connectivity index (χ3n) is 3.88. The van der Waals surface area contributed by atoms with Gasteiger partial charge in [-0.2, -0.15) is 0 Å². The predicted octanol–water partition coefficient (Wildman–Crippen LogP) is 0.418. The van der Waals surface area contributed by atoms with E-state index in [0.717, 1.165) is 25.7 Å². The van der Waals surface area contributed by atoms with Crippen molar-refractivity contribution in [3.05, 3.63) is 0 Å². The van der Waals surface area contributed by atoms with Crippen LogP contribution in [0.1, 0.15) is 32.6 Å². The minimum atomic E-state index is -1.30. The molecule has 2 atom stereocenters. The number of likely N-dealkylation sites (tertiary alicyclic amines) is 1. The number of nitrogens with zero attached hydrogens (tertiary/aromatic N) is 1. The molecular weight excluding hydrogens is 234 g/mol. The Labute approximate surface area is 107 Å². The van der Waals surface area contributed by atoms with Gasteiger partial charge in [-0.15, -0.1) is 0 Å². The number of hydrogen-bond donors (Lipinski definition) is 2. The van der Waals surface area contributed by atoms with E-state index >= 15 is 0 Å². The molecule has 2 aliphatic rings. The molecule has 6 heteroatoms. The van der Waals surface area contributed by atoms with E-state index in [-0.39, 0.29) is 17.9 Å². The van der Waals surface area contributed by atoms with Gasteiger partial charge in [-0.25, -0.2) is 4.79 Å². The number of carbonyl (C=O) groups excluding carboxylic acids is 2. The third kappa shape index (κ3) is 2.29. The summed E-state index contributed by atoms with van der Waals surface area (Å²) in [7, 11) is 1.27. The van der Waals surface area contributed by atoms with Gasteiger partial charge in [-0.3, -0.25) is 10.1 Å². The van der Waals surface area contributed by atoms with Gasteiger partial charge >= 0.3 is 6.09 Å². The molecule has 1 aliphatic heterocycles. The van der Waals surface area contributed by atoms with Crippen molar-refractivity contribution < 1.29 is 14.3 Å². The zero-order valence-electron chi connectivity index (χ0n) is 10.9. The highest BCUT2D eigenvalue weighted by Crippen LogP contribution is 2.38. The van der Waals surface area contributed by atoms with E-state index in [0.29, 0.717) is 6.54 Å². The van der Waals surface area contributed by atoms with Gasteiger partial charge in [0.15, 0.2) is 5.66 Å². The van der Waals surface area contributed by atoms with Crippen LogP contribution < -0.4 is 11.1 Å². The number of amides is 2. The molecule has 2 rings (SSSR count). The summed E-state index contributed by atoms with van der Waals surface area (Å²) in [6, 6.07) is 0.193. The van der Waals surface area contributed by atoms with Crippen molar-refractivity contribution in [2.45, 2.75) is 44.3 Å². The summed E-state index contributed by atoms with van der Waals surface area (Å²) >= 11 is 0. The van der Waals surface area contributed by atoms with Gasteiger partial charge in [0, 0.05) is 18.5 Å². The molecule has 0 aromatic rings. The maximum atomic E-state index is 12.5. The molecule has 3 N–H and O–H groups in total. The number of hydrogen-bond acceptors (Lipinski definition) is 4. The lowest BCUT2D eigenvalue weighted by atomic mass is 10.0. The molecule has 1 aliphatic carbocycles. The number of nitrogens with one attached hydrogen (secondary N) is 1. The maximum absolute atomic E-state index is 12.5. The van der Waals surface area contributed by atoms with Crippen molar-refractivity contribution in [2.24, 2.45) is 11.7 Å². The highest BCUT2D eigenvalue weighted by atomic mass is 16.5. The topological polar surface area (TPSA) is 84.7 Å². The first-order valence-corrected chi connectivity index (χ1v) is 6.45. The Morgan fingerprint density at radius 1 is 1.39 bits per heavy atom. The molecule has 1 saturated carbocycles. The molecule has 1 heterocycles. The van der Waals surface area contributed by atoms with Crippen LogP contribution in [-0.2, 0) is 9.53 Å². The minimum Gasteiger partial charge on any atom is -0.453 e. The van der Waals surface area contributed by atoms with Gasteiger partial charge in [-0.1, -0.05) is 0 Å². The first-order valence-electron chi connectivity index (χ1n) is 6.45. The Bertz CT molecular complexity index is 356.